The average molecular weight is 410 g/mol. The van der Waals surface area contributed by atoms with E-state index in [9.17, 15) is 9.18 Å². The first-order valence-corrected chi connectivity index (χ1v) is 9.06. The molecule has 0 unspecified atom stereocenters. The predicted molar refractivity (Wildman–Crippen MR) is 113 cm³/mol. The highest BCUT2D eigenvalue weighted by Crippen LogP contribution is 2.19. The fraction of sp³-hybridized carbons (Fsp3) is 0.261. The minimum atomic E-state index is -0.638. The van der Waals surface area contributed by atoms with Crippen LogP contribution in [0.1, 0.15) is 40.3 Å². The normalized spacial score (nSPS) is 11.6. The van der Waals surface area contributed by atoms with E-state index < -0.39 is 11.8 Å². The van der Waals surface area contributed by atoms with E-state index in [-0.39, 0.29) is 12.3 Å². The number of oxime groups is 2. The lowest BCUT2D eigenvalue weighted by molar-refractivity contribution is -0.132. The molecule has 2 aromatic carbocycles. The minimum absolute atomic E-state index is 0.0163. The van der Waals surface area contributed by atoms with Gasteiger partial charge in [0.15, 0.2) is 5.71 Å². The molecule has 0 amide bonds. The second-order valence-electron chi connectivity index (χ2n) is 6.44. The third-order valence-electron chi connectivity index (χ3n) is 4.54. The summed E-state index contributed by atoms with van der Waals surface area (Å²) in [6, 6.07) is 8.36. The number of hydrogen-bond donors (Lipinski definition) is 0. The van der Waals surface area contributed by atoms with Crippen molar-refractivity contribution in [1.82, 2.24) is 0 Å². The Morgan fingerprint density at radius 1 is 1.17 bits per heavy atom. The molecule has 0 bridgehead atoms. The van der Waals surface area contributed by atoms with Crippen LogP contribution in [-0.2, 0) is 25.8 Å². The van der Waals surface area contributed by atoms with E-state index in [4.69, 9.17) is 20.8 Å². The topological polar surface area (TPSA) is 69.5 Å². The van der Waals surface area contributed by atoms with Crippen LogP contribution in [0.3, 0.4) is 0 Å². The van der Waals surface area contributed by atoms with Crippen molar-refractivity contribution < 1.29 is 23.6 Å². The largest absolute Gasteiger partial charge is 0.464 e. The number of carbonyl (C=O) groups is 1. The molecular formula is C23H23FN2O4. The molecule has 0 N–H and O–H groups in total. The quantitative estimate of drug-likeness (QED) is 0.301. The maximum atomic E-state index is 14.1. The summed E-state index contributed by atoms with van der Waals surface area (Å²) in [5.74, 6) is 1.38. The lowest BCUT2D eigenvalue weighted by atomic mass is 9.99. The molecule has 0 aliphatic carbocycles. The van der Waals surface area contributed by atoms with E-state index in [1.165, 1.54) is 20.3 Å². The Kier molecular flexibility index (Phi) is 7.70. The number of ether oxygens (including phenoxy) is 1. The Morgan fingerprint density at radius 3 is 2.53 bits per heavy atom. The van der Waals surface area contributed by atoms with Crippen LogP contribution in [0.5, 0.6) is 0 Å². The van der Waals surface area contributed by atoms with Crippen molar-refractivity contribution in [3.05, 3.63) is 69.5 Å². The highest BCUT2D eigenvalue weighted by Gasteiger charge is 2.20. The SMILES string of the molecule is C#Cc1cc(F)c(C)c(/C(C)=N/OCc2c(C)cccc2/C(=N\OC)C(=O)OC)c1. The summed E-state index contributed by atoms with van der Waals surface area (Å²) in [6.45, 7) is 5.27. The third-order valence-corrected chi connectivity index (χ3v) is 4.54. The molecule has 0 aromatic heterocycles. The number of benzene rings is 2. The number of hydrogen-bond acceptors (Lipinski definition) is 6. The van der Waals surface area contributed by atoms with Crippen molar-refractivity contribution in [3.63, 3.8) is 0 Å². The Balaban J connectivity index is 2.35. The van der Waals surface area contributed by atoms with Gasteiger partial charge in [0.25, 0.3) is 0 Å². The van der Waals surface area contributed by atoms with Gasteiger partial charge in [-0.2, -0.15) is 0 Å². The summed E-state index contributed by atoms with van der Waals surface area (Å²) < 4.78 is 18.9. The van der Waals surface area contributed by atoms with Crippen LogP contribution in [0.4, 0.5) is 4.39 Å². The van der Waals surface area contributed by atoms with Gasteiger partial charge in [0.1, 0.15) is 19.5 Å². The van der Waals surface area contributed by atoms with Crippen LogP contribution < -0.4 is 0 Å². The van der Waals surface area contributed by atoms with Gasteiger partial charge in [0, 0.05) is 22.3 Å². The number of nitrogens with zero attached hydrogens (tertiary/aromatic N) is 2. The van der Waals surface area contributed by atoms with E-state index in [0.29, 0.717) is 33.5 Å². The number of methoxy groups -OCH3 is 1. The lowest BCUT2D eigenvalue weighted by Gasteiger charge is -2.13. The molecule has 6 nitrogen and oxygen atoms in total. The Hall–Kier alpha value is -3.66. The summed E-state index contributed by atoms with van der Waals surface area (Å²) in [4.78, 5) is 22.4. The van der Waals surface area contributed by atoms with Crippen LogP contribution in [0.15, 0.2) is 40.6 Å². The molecule has 0 atom stereocenters. The van der Waals surface area contributed by atoms with Crippen molar-refractivity contribution in [2.75, 3.05) is 14.2 Å². The lowest BCUT2D eigenvalue weighted by Crippen LogP contribution is -2.20. The van der Waals surface area contributed by atoms with E-state index in [1.807, 2.05) is 13.0 Å². The van der Waals surface area contributed by atoms with Gasteiger partial charge in [0.2, 0.25) is 0 Å². The van der Waals surface area contributed by atoms with E-state index >= 15 is 0 Å². The summed E-state index contributed by atoms with van der Waals surface area (Å²) in [6.07, 6.45) is 5.39. The van der Waals surface area contributed by atoms with Gasteiger partial charge in [-0.3, -0.25) is 0 Å². The second kappa shape index (κ2) is 10.2. The van der Waals surface area contributed by atoms with Crippen molar-refractivity contribution in [2.45, 2.75) is 27.4 Å². The van der Waals surface area contributed by atoms with Crippen molar-refractivity contribution in [1.29, 1.82) is 0 Å². The Labute approximate surface area is 175 Å². The molecule has 2 aromatic rings. The zero-order valence-corrected chi connectivity index (χ0v) is 17.6. The molecule has 0 radical (unpaired) electrons. The van der Waals surface area contributed by atoms with Crippen molar-refractivity contribution in [3.8, 4) is 12.3 Å². The van der Waals surface area contributed by atoms with Crippen LogP contribution >= 0.6 is 0 Å². The van der Waals surface area contributed by atoms with Crippen LogP contribution in [-0.4, -0.2) is 31.6 Å². The fourth-order valence-corrected chi connectivity index (χ4v) is 2.88. The molecule has 0 fully saturated rings. The number of rotatable bonds is 7. The van der Waals surface area contributed by atoms with Crippen LogP contribution in [0.25, 0.3) is 0 Å². The summed E-state index contributed by atoms with van der Waals surface area (Å²) in [5.41, 5.74) is 3.95. The predicted octanol–water partition coefficient (Wildman–Crippen LogP) is 3.89. The van der Waals surface area contributed by atoms with E-state index in [1.54, 1.807) is 32.0 Å². The number of carbonyl (C=O) groups excluding carboxylic acids is 1. The first-order valence-electron chi connectivity index (χ1n) is 9.06. The highest BCUT2D eigenvalue weighted by molar-refractivity contribution is 6.43. The molecular weight excluding hydrogens is 387 g/mol. The van der Waals surface area contributed by atoms with Gasteiger partial charge >= 0.3 is 5.97 Å². The maximum Gasteiger partial charge on any atom is 0.360 e. The molecule has 0 saturated carbocycles. The summed E-state index contributed by atoms with van der Waals surface area (Å²) in [7, 11) is 2.60. The van der Waals surface area contributed by atoms with Gasteiger partial charge in [-0.15, -0.1) is 6.42 Å². The number of halogens is 1. The first kappa shape index (κ1) is 22.6. The standard InChI is InChI=1S/C23H23FN2O4/c1-7-17-11-19(15(3)21(24)12-17)16(4)25-30-13-20-14(2)9-8-10-18(20)22(26-29-6)23(27)28-5/h1,8-12H,13H2,2-6H3/b25-16+,26-22+. The fourth-order valence-electron chi connectivity index (χ4n) is 2.88. The monoisotopic (exact) mass is 410 g/mol. The van der Waals surface area contributed by atoms with Crippen molar-refractivity contribution in [2.24, 2.45) is 10.3 Å². The Bertz CT molecular complexity index is 1050. The van der Waals surface area contributed by atoms with Gasteiger partial charge in [0.05, 0.1) is 12.8 Å². The average Bonchev–Trinajstić information content (AvgIpc) is 2.74. The third kappa shape index (κ3) is 5.03. The molecule has 0 aliphatic heterocycles. The molecule has 30 heavy (non-hydrogen) atoms. The highest BCUT2D eigenvalue weighted by atomic mass is 19.1. The van der Waals surface area contributed by atoms with Gasteiger partial charge < -0.3 is 14.4 Å². The van der Waals surface area contributed by atoms with E-state index in [0.717, 1.165) is 5.56 Å². The molecule has 0 spiro atoms. The zero-order valence-electron chi connectivity index (χ0n) is 17.6. The molecule has 156 valence electrons. The molecule has 7 heteroatoms. The molecule has 0 aliphatic rings. The summed E-state index contributed by atoms with van der Waals surface area (Å²) in [5, 5.41) is 7.90. The molecule has 0 heterocycles. The van der Waals surface area contributed by atoms with Crippen LogP contribution in [0, 0.1) is 32.0 Å². The number of esters is 1. The summed E-state index contributed by atoms with van der Waals surface area (Å²) >= 11 is 0. The van der Waals surface area contributed by atoms with Gasteiger partial charge in [-0.25, -0.2) is 9.18 Å². The van der Waals surface area contributed by atoms with Crippen molar-refractivity contribution >= 4 is 17.4 Å². The zero-order chi connectivity index (χ0) is 22.3. The first-order chi connectivity index (χ1) is 14.3. The smallest absolute Gasteiger partial charge is 0.360 e. The number of aryl methyl sites for hydroxylation is 1. The van der Waals surface area contributed by atoms with E-state index in [2.05, 4.69) is 16.2 Å². The Morgan fingerprint density at radius 2 is 1.90 bits per heavy atom. The second-order valence-corrected chi connectivity index (χ2v) is 6.44. The minimum Gasteiger partial charge on any atom is -0.464 e. The maximum absolute atomic E-state index is 14.1. The molecule has 2 rings (SSSR count). The van der Waals surface area contributed by atoms with Gasteiger partial charge in [-0.1, -0.05) is 34.4 Å². The molecule has 0 saturated heterocycles. The van der Waals surface area contributed by atoms with Crippen LogP contribution in [0.2, 0.25) is 0 Å². The number of terminal acetylenes is 1. The van der Waals surface area contributed by atoms with Gasteiger partial charge in [-0.05, 0) is 44.0 Å².